The zero-order valence-electron chi connectivity index (χ0n) is 11.1. The van der Waals surface area contributed by atoms with Crippen LogP contribution < -0.4 is 5.32 Å². The van der Waals surface area contributed by atoms with Crippen LogP contribution in [0.4, 0.5) is 0 Å². The molecule has 0 spiro atoms. The molecule has 0 aliphatic carbocycles. The van der Waals surface area contributed by atoms with Crippen LogP contribution in [0.15, 0.2) is 24.3 Å². The third-order valence-corrected chi connectivity index (χ3v) is 2.62. The van der Waals surface area contributed by atoms with Gasteiger partial charge in [-0.05, 0) is 44.9 Å². The van der Waals surface area contributed by atoms with E-state index in [9.17, 15) is 4.79 Å². The van der Waals surface area contributed by atoms with Crippen molar-refractivity contribution >= 4 is 17.5 Å². The molecule has 1 atom stereocenters. The first-order valence-electron chi connectivity index (χ1n) is 6.12. The Kier molecular flexibility index (Phi) is 6.16. The molecule has 1 amide bonds. The Balaban J connectivity index is 2.37. The van der Waals surface area contributed by atoms with Gasteiger partial charge in [-0.1, -0.05) is 23.7 Å². The van der Waals surface area contributed by atoms with Crippen molar-refractivity contribution < 1.29 is 9.53 Å². The predicted molar refractivity (Wildman–Crippen MR) is 73.8 cm³/mol. The van der Waals surface area contributed by atoms with Crippen LogP contribution in [0.25, 0.3) is 0 Å². The van der Waals surface area contributed by atoms with Crippen LogP contribution in [0.3, 0.4) is 0 Å². The van der Waals surface area contributed by atoms with E-state index in [4.69, 9.17) is 16.3 Å². The van der Waals surface area contributed by atoms with Gasteiger partial charge in [-0.15, -0.1) is 0 Å². The number of carbonyl (C=O) groups excluding carboxylic acids is 1. The molecule has 0 bridgehead atoms. The van der Waals surface area contributed by atoms with E-state index in [0.717, 1.165) is 12.0 Å². The van der Waals surface area contributed by atoms with Crippen LogP contribution in [0.2, 0.25) is 5.02 Å². The average Bonchev–Trinajstić information content (AvgIpc) is 2.26. The number of halogens is 1. The lowest BCUT2D eigenvalue weighted by atomic mass is 10.1. The average molecular weight is 270 g/mol. The van der Waals surface area contributed by atoms with Crippen LogP contribution in [0.5, 0.6) is 0 Å². The second-order valence-electron chi connectivity index (χ2n) is 4.66. The van der Waals surface area contributed by atoms with Gasteiger partial charge >= 0.3 is 0 Å². The molecule has 0 aliphatic heterocycles. The molecular weight excluding hydrogens is 250 g/mol. The van der Waals surface area contributed by atoms with Gasteiger partial charge in [-0.25, -0.2) is 0 Å². The van der Waals surface area contributed by atoms with Crippen molar-refractivity contribution in [3.63, 3.8) is 0 Å². The van der Waals surface area contributed by atoms with Crippen LogP contribution in [0, 0.1) is 0 Å². The molecule has 18 heavy (non-hydrogen) atoms. The van der Waals surface area contributed by atoms with Crippen LogP contribution in [0.1, 0.15) is 26.3 Å². The molecule has 1 aromatic carbocycles. The number of nitrogens with one attached hydrogen (secondary N) is 1. The molecular formula is C14H20ClNO2. The zero-order valence-corrected chi connectivity index (χ0v) is 11.8. The number of benzene rings is 1. The summed E-state index contributed by atoms with van der Waals surface area (Å²) in [5, 5.41) is 3.61. The molecule has 0 fully saturated rings. The topological polar surface area (TPSA) is 38.3 Å². The number of ether oxygens (including phenoxy) is 1. The summed E-state index contributed by atoms with van der Waals surface area (Å²) >= 11 is 5.91. The van der Waals surface area contributed by atoms with Crippen molar-refractivity contribution in [2.24, 2.45) is 0 Å². The smallest absolute Gasteiger partial charge is 0.246 e. The van der Waals surface area contributed by atoms with E-state index in [1.807, 2.05) is 45.0 Å². The number of rotatable bonds is 6. The van der Waals surface area contributed by atoms with Crippen molar-refractivity contribution in [1.82, 2.24) is 5.32 Å². The molecule has 3 nitrogen and oxygen atoms in total. The van der Waals surface area contributed by atoms with Crippen molar-refractivity contribution in [1.29, 1.82) is 0 Å². The third-order valence-electron chi connectivity index (χ3n) is 2.39. The largest absolute Gasteiger partial charge is 0.369 e. The highest BCUT2D eigenvalue weighted by Gasteiger charge is 2.09. The maximum atomic E-state index is 11.6. The molecule has 0 saturated carbocycles. The highest BCUT2D eigenvalue weighted by molar-refractivity contribution is 6.30. The maximum absolute atomic E-state index is 11.6. The number of hydrogen-bond acceptors (Lipinski definition) is 2. The van der Waals surface area contributed by atoms with Gasteiger partial charge in [0.1, 0.15) is 6.61 Å². The van der Waals surface area contributed by atoms with Gasteiger partial charge in [0.2, 0.25) is 5.91 Å². The first-order valence-corrected chi connectivity index (χ1v) is 6.50. The Morgan fingerprint density at radius 1 is 1.39 bits per heavy atom. The minimum atomic E-state index is -0.0850. The van der Waals surface area contributed by atoms with E-state index in [1.165, 1.54) is 0 Å². The summed E-state index contributed by atoms with van der Waals surface area (Å²) in [7, 11) is 0. The van der Waals surface area contributed by atoms with E-state index in [1.54, 1.807) is 0 Å². The minimum Gasteiger partial charge on any atom is -0.369 e. The summed E-state index contributed by atoms with van der Waals surface area (Å²) in [4.78, 5) is 11.6. The number of hydrogen-bond donors (Lipinski definition) is 1. The Labute approximate surface area is 113 Å². The fraction of sp³-hybridized carbons (Fsp3) is 0.500. The van der Waals surface area contributed by atoms with Crippen LogP contribution in [-0.2, 0) is 16.0 Å². The third kappa shape index (κ3) is 6.03. The summed E-state index contributed by atoms with van der Waals surface area (Å²) in [5.41, 5.74) is 1.11. The lowest BCUT2D eigenvalue weighted by molar-refractivity contribution is -0.127. The van der Waals surface area contributed by atoms with E-state index in [0.29, 0.717) is 5.02 Å². The fourth-order valence-corrected chi connectivity index (χ4v) is 1.84. The minimum absolute atomic E-state index is 0.0618. The van der Waals surface area contributed by atoms with Crippen LogP contribution >= 0.6 is 11.6 Å². The lowest BCUT2D eigenvalue weighted by Gasteiger charge is -2.15. The number of amides is 1. The van der Waals surface area contributed by atoms with Gasteiger partial charge in [0.05, 0.1) is 6.10 Å². The quantitative estimate of drug-likeness (QED) is 0.862. The normalized spacial score (nSPS) is 12.5. The SMILES string of the molecule is CC(Cc1cccc(Cl)c1)NC(=O)COC(C)C. The number of carbonyl (C=O) groups is 1. The molecule has 100 valence electrons. The van der Waals surface area contributed by atoms with Gasteiger partial charge in [0.25, 0.3) is 0 Å². The summed E-state index contributed by atoms with van der Waals surface area (Å²) in [6, 6.07) is 7.72. The molecule has 0 aromatic heterocycles. The molecule has 0 heterocycles. The Bertz CT molecular complexity index is 393. The van der Waals surface area contributed by atoms with Crippen molar-refractivity contribution in [3.05, 3.63) is 34.9 Å². The van der Waals surface area contributed by atoms with Gasteiger partial charge < -0.3 is 10.1 Å². The van der Waals surface area contributed by atoms with Gasteiger partial charge in [-0.3, -0.25) is 4.79 Å². The standard InChI is InChI=1S/C14H20ClNO2/c1-10(2)18-9-14(17)16-11(3)7-12-5-4-6-13(15)8-12/h4-6,8,10-11H,7,9H2,1-3H3,(H,16,17). The predicted octanol–water partition coefficient (Wildman–Crippen LogP) is 2.81. The molecule has 1 unspecified atom stereocenters. The highest BCUT2D eigenvalue weighted by atomic mass is 35.5. The fourth-order valence-electron chi connectivity index (χ4n) is 1.63. The summed E-state index contributed by atoms with van der Waals surface area (Å²) in [6.07, 6.45) is 0.826. The second-order valence-corrected chi connectivity index (χ2v) is 5.10. The lowest BCUT2D eigenvalue weighted by Crippen LogP contribution is -2.37. The molecule has 0 aliphatic rings. The zero-order chi connectivity index (χ0) is 13.5. The summed E-state index contributed by atoms with van der Waals surface area (Å²) in [5.74, 6) is -0.0850. The van der Waals surface area contributed by atoms with E-state index in [2.05, 4.69) is 5.32 Å². The first kappa shape index (κ1) is 15.0. The Morgan fingerprint density at radius 2 is 2.11 bits per heavy atom. The second kappa shape index (κ2) is 7.39. The Hall–Kier alpha value is -1.06. The van der Waals surface area contributed by atoms with Gasteiger partial charge in [0, 0.05) is 11.1 Å². The monoisotopic (exact) mass is 269 g/mol. The van der Waals surface area contributed by atoms with Crippen molar-refractivity contribution in [3.8, 4) is 0 Å². The van der Waals surface area contributed by atoms with E-state index in [-0.39, 0.29) is 24.7 Å². The molecule has 1 N–H and O–H groups in total. The van der Waals surface area contributed by atoms with E-state index >= 15 is 0 Å². The highest BCUT2D eigenvalue weighted by Crippen LogP contribution is 2.12. The van der Waals surface area contributed by atoms with E-state index < -0.39 is 0 Å². The molecule has 1 rings (SSSR count). The molecule has 1 aromatic rings. The first-order chi connectivity index (χ1) is 8.47. The molecule has 0 radical (unpaired) electrons. The summed E-state index contributed by atoms with van der Waals surface area (Å²) < 4.78 is 5.24. The molecule has 4 heteroatoms. The van der Waals surface area contributed by atoms with Gasteiger partial charge in [-0.2, -0.15) is 0 Å². The maximum Gasteiger partial charge on any atom is 0.246 e. The van der Waals surface area contributed by atoms with Gasteiger partial charge in [0.15, 0.2) is 0 Å². The Morgan fingerprint density at radius 3 is 2.72 bits per heavy atom. The van der Waals surface area contributed by atoms with Crippen molar-refractivity contribution in [2.75, 3.05) is 6.61 Å². The molecule has 0 saturated heterocycles. The van der Waals surface area contributed by atoms with Crippen molar-refractivity contribution in [2.45, 2.75) is 39.3 Å². The van der Waals surface area contributed by atoms with Crippen LogP contribution in [-0.4, -0.2) is 24.7 Å². The summed E-state index contributed by atoms with van der Waals surface area (Å²) in [6.45, 7) is 5.89.